The van der Waals surface area contributed by atoms with Crippen molar-refractivity contribution in [1.82, 2.24) is 4.90 Å². The lowest BCUT2D eigenvalue weighted by molar-refractivity contribution is 0.276. The largest absolute Gasteiger partial charge is 0.309 e. The molecule has 1 heteroatoms. The van der Waals surface area contributed by atoms with Crippen LogP contribution in [0.1, 0.15) is 39.5 Å². The molecule has 2 unspecified atom stereocenters. The Hall–Kier alpha value is -0.0400. The van der Waals surface area contributed by atoms with Crippen molar-refractivity contribution in [1.29, 1.82) is 0 Å². The topological polar surface area (TPSA) is 3.24 Å². The van der Waals surface area contributed by atoms with Crippen LogP contribution < -0.4 is 0 Å². The molecule has 1 saturated carbocycles. The number of rotatable bonds is 3. The Morgan fingerprint density at radius 1 is 1.42 bits per heavy atom. The van der Waals surface area contributed by atoms with Crippen molar-refractivity contribution in [3.8, 4) is 0 Å². The highest BCUT2D eigenvalue weighted by atomic mass is 15.1. The fourth-order valence-corrected chi connectivity index (χ4v) is 2.45. The molecular formula is C11H23N. The summed E-state index contributed by atoms with van der Waals surface area (Å²) in [6, 6.07) is 0. The van der Waals surface area contributed by atoms with Gasteiger partial charge in [-0.15, -0.1) is 0 Å². The molecule has 0 bridgehead atoms. The summed E-state index contributed by atoms with van der Waals surface area (Å²) in [5.74, 6) is 0.963. The molecule has 1 aliphatic carbocycles. The van der Waals surface area contributed by atoms with E-state index in [-0.39, 0.29) is 0 Å². The second-order valence-corrected chi connectivity index (χ2v) is 5.04. The van der Waals surface area contributed by atoms with E-state index in [2.05, 4.69) is 32.8 Å². The highest BCUT2D eigenvalue weighted by molar-refractivity contribution is 4.85. The van der Waals surface area contributed by atoms with E-state index >= 15 is 0 Å². The van der Waals surface area contributed by atoms with Crippen LogP contribution in [0.2, 0.25) is 0 Å². The first-order valence-electron chi connectivity index (χ1n) is 5.20. The lowest BCUT2D eigenvalue weighted by Gasteiger charge is -2.22. The Morgan fingerprint density at radius 2 is 2.08 bits per heavy atom. The summed E-state index contributed by atoms with van der Waals surface area (Å²) in [6.07, 6.45) is 5.70. The van der Waals surface area contributed by atoms with Gasteiger partial charge in [-0.1, -0.05) is 20.3 Å². The predicted molar refractivity (Wildman–Crippen MR) is 54.3 cm³/mol. The number of nitrogens with zero attached hydrogens (tertiary/aromatic N) is 1. The quantitative estimate of drug-likeness (QED) is 0.628. The normalized spacial score (nSPS) is 36.2. The molecule has 0 saturated heterocycles. The van der Waals surface area contributed by atoms with Crippen molar-refractivity contribution in [2.24, 2.45) is 11.3 Å². The van der Waals surface area contributed by atoms with Crippen molar-refractivity contribution < 1.29 is 0 Å². The van der Waals surface area contributed by atoms with E-state index in [9.17, 15) is 0 Å². The van der Waals surface area contributed by atoms with Gasteiger partial charge in [0.05, 0.1) is 0 Å². The van der Waals surface area contributed by atoms with Crippen molar-refractivity contribution >= 4 is 0 Å². The molecule has 0 aromatic heterocycles. The molecule has 72 valence electrons. The van der Waals surface area contributed by atoms with E-state index in [1.807, 2.05) is 0 Å². The molecule has 0 amide bonds. The third-order valence-electron chi connectivity index (χ3n) is 3.41. The molecule has 1 rings (SSSR count). The van der Waals surface area contributed by atoms with E-state index in [0.29, 0.717) is 5.41 Å². The lowest BCUT2D eigenvalue weighted by atomic mass is 9.85. The Kier molecular flexibility index (Phi) is 3.16. The Labute approximate surface area is 77.1 Å². The van der Waals surface area contributed by atoms with Crippen LogP contribution in [0.25, 0.3) is 0 Å². The highest BCUT2D eigenvalue weighted by Crippen LogP contribution is 2.43. The number of hydrogen-bond acceptors (Lipinski definition) is 1. The lowest BCUT2D eigenvalue weighted by Crippen LogP contribution is -2.21. The zero-order valence-electron chi connectivity index (χ0n) is 9.06. The molecular weight excluding hydrogens is 146 g/mol. The maximum absolute atomic E-state index is 2.45. The molecule has 2 atom stereocenters. The smallest absolute Gasteiger partial charge is 0.000376 e. The fourth-order valence-electron chi connectivity index (χ4n) is 2.45. The van der Waals surface area contributed by atoms with Crippen LogP contribution in [0, 0.1) is 11.3 Å². The molecule has 0 heterocycles. The molecule has 1 fully saturated rings. The maximum atomic E-state index is 2.45. The van der Waals surface area contributed by atoms with Gasteiger partial charge in [0.2, 0.25) is 0 Å². The van der Waals surface area contributed by atoms with E-state index in [1.54, 1.807) is 0 Å². The van der Waals surface area contributed by atoms with Crippen molar-refractivity contribution in [3.05, 3.63) is 0 Å². The first-order valence-corrected chi connectivity index (χ1v) is 5.20. The molecule has 0 aliphatic heterocycles. The van der Waals surface area contributed by atoms with E-state index in [4.69, 9.17) is 0 Å². The van der Waals surface area contributed by atoms with Crippen LogP contribution in [-0.2, 0) is 0 Å². The third-order valence-corrected chi connectivity index (χ3v) is 3.41. The first kappa shape index (κ1) is 10.0. The van der Waals surface area contributed by atoms with Gasteiger partial charge in [0.25, 0.3) is 0 Å². The predicted octanol–water partition coefficient (Wildman–Crippen LogP) is 2.76. The highest BCUT2D eigenvalue weighted by Gasteiger charge is 2.33. The Balaban J connectivity index is 2.35. The van der Waals surface area contributed by atoms with Gasteiger partial charge in [0.15, 0.2) is 0 Å². The minimum Gasteiger partial charge on any atom is -0.309 e. The summed E-state index contributed by atoms with van der Waals surface area (Å²) in [4.78, 5) is 2.33. The second kappa shape index (κ2) is 3.78. The SMILES string of the molecule is CCC1(C)CCC(CN(C)C)C1. The molecule has 0 N–H and O–H groups in total. The van der Waals surface area contributed by atoms with Gasteiger partial charge in [0.1, 0.15) is 0 Å². The van der Waals surface area contributed by atoms with Gasteiger partial charge < -0.3 is 4.90 Å². The van der Waals surface area contributed by atoms with Gasteiger partial charge >= 0.3 is 0 Å². The van der Waals surface area contributed by atoms with Crippen LogP contribution in [0.15, 0.2) is 0 Å². The maximum Gasteiger partial charge on any atom is 0.000376 e. The van der Waals surface area contributed by atoms with Crippen LogP contribution in [0.5, 0.6) is 0 Å². The van der Waals surface area contributed by atoms with Gasteiger partial charge in [0, 0.05) is 6.54 Å². The molecule has 0 aromatic rings. The minimum absolute atomic E-state index is 0.667. The Morgan fingerprint density at radius 3 is 2.50 bits per heavy atom. The fraction of sp³-hybridized carbons (Fsp3) is 1.00. The third kappa shape index (κ3) is 2.48. The molecule has 0 spiro atoms. The standard InChI is InChI=1S/C11H23N/c1-5-11(2)7-6-10(8-11)9-12(3)4/h10H,5-9H2,1-4H3. The zero-order chi connectivity index (χ0) is 9.19. The van der Waals surface area contributed by atoms with Crippen molar-refractivity contribution in [3.63, 3.8) is 0 Å². The van der Waals surface area contributed by atoms with Gasteiger partial charge in [-0.2, -0.15) is 0 Å². The van der Waals surface area contributed by atoms with Gasteiger partial charge in [-0.05, 0) is 44.7 Å². The van der Waals surface area contributed by atoms with Crippen LogP contribution in [-0.4, -0.2) is 25.5 Å². The monoisotopic (exact) mass is 169 g/mol. The summed E-state index contributed by atoms with van der Waals surface area (Å²) < 4.78 is 0. The van der Waals surface area contributed by atoms with Crippen LogP contribution in [0.3, 0.4) is 0 Å². The molecule has 1 aliphatic rings. The summed E-state index contributed by atoms with van der Waals surface area (Å²) >= 11 is 0. The average molecular weight is 169 g/mol. The average Bonchev–Trinajstić information content (AvgIpc) is 2.32. The molecule has 0 radical (unpaired) electrons. The van der Waals surface area contributed by atoms with Crippen molar-refractivity contribution in [2.75, 3.05) is 20.6 Å². The summed E-state index contributed by atoms with van der Waals surface area (Å²) in [5.41, 5.74) is 0.667. The Bertz CT molecular complexity index is 142. The van der Waals surface area contributed by atoms with Crippen LogP contribution in [0.4, 0.5) is 0 Å². The second-order valence-electron chi connectivity index (χ2n) is 5.04. The van der Waals surface area contributed by atoms with E-state index in [0.717, 1.165) is 5.92 Å². The van der Waals surface area contributed by atoms with E-state index < -0.39 is 0 Å². The summed E-state index contributed by atoms with van der Waals surface area (Å²) in [7, 11) is 4.36. The summed E-state index contributed by atoms with van der Waals surface area (Å²) in [6.45, 7) is 6.07. The number of hydrogen-bond donors (Lipinski definition) is 0. The molecule has 1 nitrogen and oxygen atoms in total. The van der Waals surface area contributed by atoms with E-state index in [1.165, 1.54) is 32.2 Å². The molecule has 0 aromatic carbocycles. The summed E-state index contributed by atoms with van der Waals surface area (Å²) in [5, 5.41) is 0. The molecule has 12 heavy (non-hydrogen) atoms. The minimum atomic E-state index is 0.667. The van der Waals surface area contributed by atoms with Crippen molar-refractivity contribution in [2.45, 2.75) is 39.5 Å². The van der Waals surface area contributed by atoms with Crippen LogP contribution >= 0.6 is 0 Å². The zero-order valence-corrected chi connectivity index (χ0v) is 9.06. The first-order chi connectivity index (χ1) is 5.56. The van der Waals surface area contributed by atoms with Gasteiger partial charge in [-0.25, -0.2) is 0 Å². The van der Waals surface area contributed by atoms with Gasteiger partial charge in [-0.3, -0.25) is 0 Å².